The van der Waals surface area contributed by atoms with Crippen molar-refractivity contribution in [3.8, 4) is 0 Å². The van der Waals surface area contributed by atoms with Crippen molar-refractivity contribution in [2.24, 2.45) is 0 Å². The molecule has 2 aromatic rings. The highest BCUT2D eigenvalue weighted by Crippen LogP contribution is 2.22. The normalized spacial score (nSPS) is 12.3. The quantitative estimate of drug-likeness (QED) is 0.847. The van der Waals surface area contributed by atoms with Gasteiger partial charge in [-0.15, -0.1) is 0 Å². The first-order valence-electron chi connectivity index (χ1n) is 6.57. The predicted molar refractivity (Wildman–Crippen MR) is 78.0 cm³/mol. The molecular weight excluding hydrogens is 312 g/mol. The molecular formula is C14H17F2N3O2S. The van der Waals surface area contributed by atoms with Gasteiger partial charge in [0.1, 0.15) is 5.82 Å². The van der Waals surface area contributed by atoms with Crippen molar-refractivity contribution in [2.45, 2.75) is 31.8 Å². The molecule has 0 aliphatic heterocycles. The largest absolute Gasteiger partial charge is 0.319 e. The fraction of sp³-hybridized carbons (Fsp3) is 0.357. The number of alkyl halides is 2. The standard InChI is InChI=1S/C14H17F2N3O2S/c1-10-4-5-11(2)12(8-10)22(20,21)18(3)9-13-17-6-7-19(13)14(15)16/h4-8,14H,9H2,1-3H3. The number of aryl methyl sites for hydroxylation is 2. The van der Waals surface area contributed by atoms with Gasteiger partial charge in [0.15, 0.2) is 0 Å². The van der Waals surface area contributed by atoms with Gasteiger partial charge in [0, 0.05) is 19.4 Å². The van der Waals surface area contributed by atoms with Crippen molar-refractivity contribution < 1.29 is 17.2 Å². The third kappa shape index (κ3) is 3.17. The number of sulfonamides is 1. The van der Waals surface area contributed by atoms with Crippen LogP contribution in [0.15, 0.2) is 35.5 Å². The zero-order valence-electron chi connectivity index (χ0n) is 12.5. The fourth-order valence-corrected chi connectivity index (χ4v) is 3.51. The topological polar surface area (TPSA) is 55.2 Å². The van der Waals surface area contributed by atoms with E-state index in [0.29, 0.717) is 10.1 Å². The van der Waals surface area contributed by atoms with Crippen LogP contribution in [-0.2, 0) is 16.6 Å². The number of rotatable bonds is 5. The van der Waals surface area contributed by atoms with E-state index in [0.717, 1.165) is 16.1 Å². The van der Waals surface area contributed by atoms with Gasteiger partial charge in [-0.1, -0.05) is 12.1 Å². The molecule has 0 unspecified atom stereocenters. The Labute approximate surface area is 128 Å². The van der Waals surface area contributed by atoms with Crippen LogP contribution >= 0.6 is 0 Å². The van der Waals surface area contributed by atoms with Crippen molar-refractivity contribution in [3.05, 3.63) is 47.5 Å². The smallest absolute Gasteiger partial charge is 0.277 e. The molecule has 1 aromatic heterocycles. The minimum absolute atomic E-state index is 0.00798. The number of imidazole rings is 1. The van der Waals surface area contributed by atoms with Crippen LogP contribution < -0.4 is 0 Å². The van der Waals surface area contributed by atoms with Gasteiger partial charge in [-0.05, 0) is 31.0 Å². The molecule has 22 heavy (non-hydrogen) atoms. The Morgan fingerprint density at radius 1 is 1.32 bits per heavy atom. The minimum Gasteiger partial charge on any atom is -0.277 e. The molecule has 0 aliphatic rings. The summed E-state index contributed by atoms with van der Waals surface area (Å²) in [6.07, 6.45) is 2.35. The summed E-state index contributed by atoms with van der Waals surface area (Å²) in [5.74, 6) is -0.00798. The van der Waals surface area contributed by atoms with Crippen LogP contribution in [0.25, 0.3) is 0 Å². The Balaban J connectivity index is 2.33. The van der Waals surface area contributed by atoms with E-state index in [9.17, 15) is 17.2 Å². The maximum absolute atomic E-state index is 12.8. The Bertz CT molecular complexity index is 772. The number of halogens is 2. The molecule has 8 heteroatoms. The van der Waals surface area contributed by atoms with Crippen LogP contribution in [0.5, 0.6) is 0 Å². The maximum atomic E-state index is 12.8. The summed E-state index contributed by atoms with van der Waals surface area (Å²) in [5, 5.41) is 0. The first kappa shape index (κ1) is 16.6. The van der Waals surface area contributed by atoms with E-state index >= 15 is 0 Å². The molecule has 0 aliphatic carbocycles. The molecule has 120 valence electrons. The second-order valence-corrected chi connectivity index (χ2v) is 7.07. The van der Waals surface area contributed by atoms with Gasteiger partial charge in [0.25, 0.3) is 0 Å². The Morgan fingerprint density at radius 2 is 2.00 bits per heavy atom. The molecule has 0 spiro atoms. The van der Waals surface area contributed by atoms with Crippen LogP contribution in [0.4, 0.5) is 8.78 Å². The molecule has 0 amide bonds. The van der Waals surface area contributed by atoms with Gasteiger partial charge in [-0.25, -0.2) is 13.4 Å². The fourth-order valence-electron chi connectivity index (χ4n) is 2.08. The van der Waals surface area contributed by atoms with Crippen LogP contribution in [0, 0.1) is 13.8 Å². The number of hydrogen-bond acceptors (Lipinski definition) is 3. The van der Waals surface area contributed by atoms with Crippen LogP contribution in [0.2, 0.25) is 0 Å². The maximum Gasteiger partial charge on any atom is 0.319 e. The van der Waals surface area contributed by atoms with Crippen LogP contribution in [-0.4, -0.2) is 29.3 Å². The molecule has 0 N–H and O–H groups in total. The lowest BCUT2D eigenvalue weighted by Gasteiger charge is -2.19. The summed E-state index contributed by atoms with van der Waals surface area (Å²) >= 11 is 0. The highest BCUT2D eigenvalue weighted by atomic mass is 32.2. The molecule has 2 rings (SSSR count). The van der Waals surface area contributed by atoms with E-state index < -0.39 is 16.6 Å². The zero-order valence-corrected chi connectivity index (χ0v) is 13.3. The van der Waals surface area contributed by atoms with E-state index in [-0.39, 0.29) is 17.3 Å². The zero-order chi connectivity index (χ0) is 16.5. The second kappa shape index (κ2) is 6.13. The summed E-state index contributed by atoms with van der Waals surface area (Å²) in [5.41, 5.74) is 1.42. The average molecular weight is 329 g/mol. The summed E-state index contributed by atoms with van der Waals surface area (Å²) in [6.45, 7) is 0.504. The van der Waals surface area contributed by atoms with Gasteiger partial charge < -0.3 is 0 Å². The van der Waals surface area contributed by atoms with Crippen molar-refractivity contribution in [1.82, 2.24) is 13.9 Å². The molecule has 0 saturated heterocycles. The number of nitrogens with zero attached hydrogens (tertiary/aromatic N) is 3. The lowest BCUT2D eigenvalue weighted by molar-refractivity contribution is 0.0658. The number of benzene rings is 1. The molecule has 1 aromatic carbocycles. The van der Waals surface area contributed by atoms with E-state index in [4.69, 9.17) is 0 Å². The lowest BCUT2D eigenvalue weighted by atomic mass is 10.2. The van der Waals surface area contributed by atoms with Crippen molar-refractivity contribution in [2.75, 3.05) is 7.05 Å². The Kier molecular flexibility index (Phi) is 4.62. The molecule has 5 nitrogen and oxygen atoms in total. The number of aromatic nitrogens is 2. The van der Waals surface area contributed by atoms with Crippen molar-refractivity contribution in [1.29, 1.82) is 0 Å². The Hall–Kier alpha value is -1.80. The van der Waals surface area contributed by atoms with Crippen molar-refractivity contribution >= 4 is 10.0 Å². The predicted octanol–water partition coefficient (Wildman–Crippen LogP) is 2.72. The lowest BCUT2D eigenvalue weighted by Crippen LogP contribution is -2.28. The second-order valence-electron chi connectivity index (χ2n) is 5.06. The molecule has 0 bridgehead atoms. The molecule has 0 atom stereocenters. The minimum atomic E-state index is -3.78. The molecule has 0 fully saturated rings. The highest BCUT2D eigenvalue weighted by Gasteiger charge is 2.25. The molecule has 0 saturated carbocycles. The third-order valence-corrected chi connectivity index (χ3v) is 5.30. The van der Waals surface area contributed by atoms with Gasteiger partial charge in [0.05, 0.1) is 11.4 Å². The summed E-state index contributed by atoms with van der Waals surface area (Å²) in [4.78, 5) is 3.97. The van der Waals surface area contributed by atoms with Gasteiger partial charge in [0.2, 0.25) is 10.0 Å². The van der Waals surface area contributed by atoms with Gasteiger partial charge >= 0.3 is 6.55 Å². The SMILES string of the molecule is Cc1ccc(C)c(S(=O)(=O)N(C)Cc2nccn2C(F)F)c1. The van der Waals surface area contributed by atoms with Crippen molar-refractivity contribution in [3.63, 3.8) is 0 Å². The number of hydrogen-bond donors (Lipinski definition) is 0. The first-order valence-corrected chi connectivity index (χ1v) is 8.01. The van der Waals surface area contributed by atoms with E-state index in [1.165, 1.54) is 13.2 Å². The molecule has 1 heterocycles. The van der Waals surface area contributed by atoms with Gasteiger partial charge in [-0.3, -0.25) is 4.57 Å². The van der Waals surface area contributed by atoms with Gasteiger partial charge in [-0.2, -0.15) is 13.1 Å². The van der Waals surface area contributed by atoms with E-state index in [1.54, 1.807) is 26.0 Å². The van der Waals surface area contributed by atoms with Crippen LogP contribution in [0.3, 0.4) is 0 Å². The Morgan fingerprint density at radius 3 is 2.64 bits per heavy atom. The average Bonchev–Trinajstić information content (AvgIpc) is 2.89. The summed E-state index contributed by atoms with van der Waals surface area (Å²) in [7, 11) is -2.43. The monoisotopic (exact) mass is 329 g/mol. The van der Waals surface area contributed by atoms with E-state index in [1.807, 2.05) is 6.07 Å². The van der Waals surface area contributed by atoms with Crippen LogP contribution in [0.1, 0.15) is 23.5 Å². The summed E-state index contributed by atoms with van der Waals surface area (Å²) in [6, 6.07) is 5.11. The third-order valence-electron chi connectivity index (χ3n) is 3.36. The van der Waals surface area contributed by atoms with E-state index in [2.05, 4.69) is 4.98 Å². The molecule has 0 radical (unpaired) electrons. The first-order chi connectivity index (χ1) is 10.2. The highest BCUT2D eigenvalue weighted by molar-refractivity contribution is 7.89. The summed E-state index contributed by atoms with van der Waals surface area (Å²) < 4.78 is 52.5.